The van der Waals surface area contributed by atoms with Gasteiger partial charge in [0.1, 0.15) is 17.2 Å². The van der Waals surface area contributed by atoms with Crippen molar-refractivity contribution in [1.82, 2.24) is 5.32 Å². The van der Waals surface area contributed by atoms with E-state index in [0.29, 0.717) is 18.3 Å². The Morgan fingerprint density at radius 1 is 1.04 bits per heavy atom. The fourth-order valence-corrected chi connectivity index (χ4v) is 2.05. The second-order valence-corrected chi connectivity index (χ2v) is 5.06. The van der Waals surface area contributed by atoms with E-state index in [2.05, 4.69) is 17.2 Å². The molecule has 0 radical (unpaired) electrons. The highest BCUT2D eigenvalue weighted by molar-refractivity contribution is 7.80. The van der Waals surface area contributed by atoms with Gasteiger partial charge in [-0.25, -0.2) is 0 Å². The van der Waals surface area contributed by atoms with E-state index in [9.17, 15) is 0 Å². The van der Waals surface area contributed by atoms with Gasteiger partial charge >= 0.3 is 0 Å². The van der Waals surface area contributed by atoms with Crippen LogP contribution in [0.5, 0.6) is 17.2 Å². The quantitative estimate of drug-likeness (QED) is 0.584. The number of anilines is 1. The number of thiocarbonyl (C=S) groups is 1. The maximum absolute atomic E-state index is 5.79. The van der Waals surface area contributed by atoms with Crippen molar-refractivity contribution in [2.75, 3.05) is 18.5 Å². The zero-order valence-corrected chi connectivity index (χ0v) is 13.9. The van der Waals surface area contributed by atoms with Crippen LogP contribution in [0.3, 0.4) is 0 Å². The van der Waals surface area contributed by atoms with Crippen LogP contribution in [0.25, 0.3) is 0 Å². The van der Waals surface area contributed by atoms with Crippen molar-refractivity contribution in [3.63, 3.8) is 0 Å². The number of hydrogen-bond acceptors (Lipinski definition) is 3. The van der Waals surface area contributed by atoms with E-state index in [1.54, 1.807) is 6.08 Å². The van der Waals surface area contributed by atoms with E-state index in [1.165, 1.54) is 0 Å². The van der Waals surface area contributed by atoms with Crippen LogP contribution < -0.4 is 20.1 Å². The first-order valence-electron chi connectivity index (χ1n) is 7.38. The van der Waals surface area contributed by atoms with E-state index in [4.69, 9.17) is 21.7 Å². The molecule has 0 amide bonds. The predicted octanol–water partition coefficient (Wildman–Crippen LogP) is 4.35. The first-order valence-corrected chi connectivity index (χ1v) is 7.78. The molecule has 2 aromatic carbocycles. The Balaban J connectivity index is 1.91. The lowest BCUT2D eigenvalue weighted by molar-refractivity contribution is 0.339. The van der Waals surface area contributed by atoms with Gasteiger partial charge in [-0.2, -0.15) is 0 Å². The van der Waals surface area contributed by atoms with Gasteiger partial charge in [0.05, 0.1) is 6.61 Å². The Morgan fingerprint density at radius 2 is 1.61 bits per heavy atom. The van der Waals surface area contributed by atoms with Crippen molar-refractivity contribution >= 4 is 23.0 Å². The molecule has 0 aliphatic heterocycles. The number of benzene rings is 2. The predicted molar refractivity (Wildman–Crippen MR) is 98.5 cm³/mol. The molecule has 0 aromatic heterocycles. The number of nitrogens with one attached hydrogen (secondary N) is 2. The highest BCUT2D eigenvalue weighted by Crippen LogP contribution is 2.25. The molecule has 0 spiro atoms. The summed E-state index contributed by atoms with van der Waals surface area (Å²) in [6.07, 6.45) is 1.75. The van der Waals surface area contributed by atoms with Gasteiger partial charge in [0, 0.05) is 12.2 Å². The summed E-state index contributed by atoms with van der Waals surface area (Å²) in [6, 6.07) is 15.1. The second kappa shape index (κ2) is 8.80. The lowest BCUT2D eigenvalue weighted by Gasteiger charge is -2.10. The fourth-order valence-electron chi connectivity index (χ4n) is 1.85. The van der Waals surface area contributed by atoms with Gasteiger partial charge in [-0.15, -0.1) is 6.58 Å². The molecular formula is C18H20N2O2S. The molecule has 0 atom stereocenters. The first kappa shape index (κ1) is 16.8. The Bertz CT molecular complexity index is 639. The molecule has 0 bridgehead atoms. The van der Waals surface area contributed by atoms with E-state index < -0.39 is 0 Å². The third kappa shape index (κ3) is 5.64. The number of hydrogen-bond donors (Lipinski definition) is 2. The van der Waals surface area contributed by atoms with E-state index in [1.807, 2.05) is 55.5 Å². The lowest BCUT2D eigenvalue weighted by atomic mass is 10.3. The van der Waals surface area contributed by atoms with E-state index >= 15 is 0 Å². The normalized spacial score (nSPS) is 9.78. The first-order chi connectivity index (χ1) is 11.2. The summed E-state index contributed by atoms with van der Waals surface area (Å²) in [7, 11) is 0. The monoisotopic (exact) mass is 328 g/mol. The molecule has 0 aliphatic rings. The number of rotatable bonds is 7. The van der Waals surface area contributed by atoms with Crippen molar-refractivity contribution in [2.45, 2.75) is 6.92 Å². The molecule has 0 aliphatic carbocycles. The molecule has 0 heterocycles. The van der Waals surface area contributed by atoms with Crippen molar-refractivity contribution in [1.29, 1.82) is 0 Å². The molecule has 2 N–H and O–H groups in total. The lowest BCUT2D eigenvalue weighted by Crippen LogP contribution is -2.28. The zero-order chi connectivity index (χ0) is 16.5. The van der Waals surface area contributed by atoms with Crippen molar-refractivity contribution in [3.8, 4) is 17.2 Å². The van der Waals surface area contributed by atoms with Gasteiger partial charge in [-0.3, -0.25) is 0 Å². The highest BCUT2D eigenvalue weighted by Gasteiger charge is 2.00. The highest BCUT2D eigenvalue weighted by atomic mass is 32.1. The molecule has 5 heteroatoms. The smallest absolute Gasteiger partial charge is 0.171 e. The maximum Gasteiger partial charge on any atom is 0.171 e. The van der Waals surface area contributed by atoms with Crippen LogP contribution in [0.4, 0.5) is 5.69 Å². The summed E-state index contributed by atoms with van der Waals surface area (Å²) >= 11 is 5.16. The van der Waals surface area contributed by atoms with Crippen LogP contribution in [-0.4, -0.2) is 18.3 Å². The summed E-state index contributed by atoms with van der Waals surface area (Å²) in [5, 5.41) is 6.66. The molecule has 2 aromatic rings. The molecule has 4 nitrogen and oxygen atoms in total. The topological polar surface area (TPSA) is 42.5 Å². The Hall–Kier alpha value is -2.53. The Kier molecular flexibility index (Phi) is 6.44. The molecular weight excluding hydrogens is 308 g/mol. The summed E-state index contributed by atoms with van der Waals surface area (Å²) in [5.74, 6) is 2.35. The Labute approximate surface area is 142 Å². The Morgan fingerprint density at radius 3 is 2.17 bits per heavy atom. The molecule has 0 saturated carbocycles. The van der Waals surface area contributed by atoms with Crippen LogP contribution >= 0.6 is 12.2 Å². The van der Waals surface area contributed by atoms with Crippen LogP contribution in [-0.2, 0) is 0 Å². The molecule has 23 heavy (non-hydrogen) atoms. The van der Waals surface area contributed by atoms with E-state index in [0.717, 1.165) is 22.9 Å². The summed E-state index contributed by atoms with van der Waals surface area (Å²) in [4.78, 5) is 0. The largest absolute Gasteiger partial charge is 0.494 e. The minimum atomic E-state index is 0.560. The minimum absolute atomic E-state index is 0.560. The van der Waals surface area contributed by atoms with Gasteiger partial charge in [-0.1, -0.05) is 6.08 Å². The third-order valence-electron chi connectivity index (χ3n) is 2.89. The van der Waals surface area contributed by atoms with Crippen LogP contribution in [0.1, 0.15) is 6.92 Å². The van der Waals surface area contributed by atoms with Crippen LogP contribution in [0.15, 0.2) is 61.2 Å². The average Bonchev–Trinajstić information content (AvgIpc) is 2.57. The van der Waals surface area contributed by atoms with Crippen LogP contribution in [0, 0.1) is 0 Å². The molecule has 2 rings (SSSR count). The minimum Gasteiger partial charge on any atom is -0.494 e. The molecule has 120 valence electrons. The molecule has 0 fully saturated rings. The average molecular weight is 328 g/mol. The second-order valence-electron chi connectivity index (χ2n) is 4.65. The van der Waals surface area contributed by atoms with Gasteiger partial charge in [0.15, 0.2) is 5.11 Å². The zero-order valence-electron chi connectivity index (χ0n) is 13.0. The van der Waals surface area contributed by atoms with Crippen molar-refractivity contribution in [2.24, 2.45) is 0 Å². The van der Waals surface area contributed by atoms with Crippen molar-refractivity contribution < 1.29 is 9.47 Å². The van der Waals surface area contributed by atoms with Gasteiger partial charge in [0.2, 0.25) is 0 Å². The van der Waals surface area contributed by atoms with E-state index in [-0.39, 0.29) is 0 Å². The van der Waals surface area contributed by atoms with Crippen LogP contribution in [0.2, 0.25) is 0 Å². The van der Waals surface area contributed by atoms with Gasteiger partial charge in [-0.05, 0) is 67.7 Å². The standard InChI is InChI=1S/C18H20N2O2S/c1-3-13-19-18(23)20-14-5-7-16(8-6-14)22-17-11-9-15(10-12-17)21-4-2/h3,5-12H,1,4,13H2,2H3,(H2,19,20,23). The SMILES string of the molecule is C=CCNC(=S)Nc1ccc(Oc2ccc(OCC)cc2)cc1. The third-order valence-corrected chi connectivity index (χ3v) is 3.14. The fraction of sp³-hybridized carbons (Fsp3) is 0.167. The molecule has 0 unspecified atom stereocenters. The maximum atomic E-state index is 5.79. The van der Waals surface area contributed by atoms with Gasteiger partial charge in [0.25, 0.3) is 0 Å². The summed E-state index contributed by atoms with van der Waals surface area (Å²) in [6.45, 7) is 6.87. The van der Waals surface area contributed by atoms with Gasteiger partial charge < -0.3 is 20.1 Å². The van der Waals surface area contributed by atoms with Crippen molar-refractivity contribution in [3.05, 3.63) is 61.2 Å². The number of ether oxygens (including phenoxy) is 2. The summed E-state index contributed by atoms with van der Waals surface area (Å²) in [5.41, 5.74) is 0.894. The summed E-state index contributed by atoms with van der Waals surface area (Å²) < 4.78 is 11.2. The molecule has 0 saturated heterocycles.